The van der Waals surface area contributed by atoms with Crippen LogP contribution in [-0.2, 0) is 4.57 Å². The minimum atomic E-state index is -2.14. The number of rotatable bonds is 3. The summed E-state index contributed by atoms with van der Waals surface area (Å²) in [4.78, 5) is 0. The second kappa shape index (κ2) is 6.12. The monoisotopic (exact) mass is 245 g/mol. The van der Waals surface area contributed by atoms with E-state index in [1.807, 2.05) is 36.4 Å². The van der Waals surface area contributed by atoms with Gasteiger partial charge in [-0.05, 0) is 25.0 Å². The van der Waals surface area contributed by atoms with Crippen LogP contribution in [0.1, 0.15) is 5.56 Å². The molecule has 0 aromatic heterocycles. The molecule has 0 fully saturated rings. The Morgan fingerprint density at radius 1 is 1.40 bits per heavy atom. The third-order valence-corrected chi connectivity index (χ3v) is 3.46. The zero-order valence-corrected chi connectivity index (χ0v) is 10.7. The summed E-state index contributed by atoms with van der Waals surface area (Å²) in [5.41, 5.74) is 6.41. The van der Waals surface area contributed by atoms with E-state index in [4.69, 9.17) is 5.73 Å². The first-order chi connectivity index (χ1) is 6.54. The van der Waals surface area contributed by atoms with Gasteiger partial charge in [0, 0.05) is 11.8 Å². The molecule has 0 saturated heterocycles. The molecule has 15 heavy (non-hydrogen) atoms. The molecule has 0 atom stereocenters. The van der Waals surface area contributed by atoms with Gasteiger partial charge in [-0.3, -0.25) is 0 Å². The van der Waals surface area contributed by atoms with Crippen LogP contribution in [0.25, 0.3) is 6.08 Å². The zero-order valence-electron chi connectivity index (χ0n) is 9.01. The van der Waals surface area contributed by atoms with E-state index < -0.39 is 7.14 Å². The fourth-order valence-corrected chi connectivity index (χ4v) is 2.07. The van der Waals surface area contributed by atoms with Gasteiger partial charge in [0.25, 0.3) is 0 Å². The molecule has 0 aliphatic rings. The molecule has 1 aromatic carbocycles. The van der Waals surface area contributed by atoms with Crippen LogP contribution in [0.3, 0.4) is 0 Å². The third-order valence-electron chi connectivity index (χ3n) is 1.94. The highest BCUT2D eigenvalue weighted by atomic mass is 35.5. The Hall–Kier alpha value is -0.560. The summed E-state index contributed by atoms with van der Waals surface area (Å²) in [5.74, 6) is 0. The average Bonchev–Trinajstić information content (AvgIpc) is 2.14. The average molecular weight is 246 g/mol. The minimum absolute atomic E-state index is 0. The number of halogens is 1. The molecule has 0 saturated carbocycles. The number of hydrogen-bond donors (Lipinski definition) is 1. The van der Waals surface area contributed by atoms with Crippen molar-refractivity contribution in [2.45, 2.75) is 0 Å². The predicted octanol–water partition coefficient (Wildman–Crippen LogP) is 2.33. The second-order valence-electron chi connectivity index (χ2n) is 3.58. The van der Waals surface area contributed by atoms with Gasteiger partial charge in [0.05, 0.1) is 0 Å². The first-order valence-corrected chi connectivity index (χ1v) is 7.16. The Morgan fingerprint density at radius 3 is 2.60 bits per heavy atom. The van der Waals surface area contributed by atoms with E-state index in [2.05, 4.69) is 0 Å². The van der Waals surface area contributed by atoms with Gasteiger partial charge < -0.3 is 10.3 Å². The maximum Gasteiger partial charge on any atom is 0.109 e. The van der Waals surface area contributed by atoms with Crippen LogP contribution in [0.5, 0.6) is 0 Å². The van der Waals surface area contributed by atoms with Gasteiger partial charge in [-0.15, -0.1) is 12.4 Å². The fraction of sp³-hybridized carbons (Fsp3) is 0.273. The van der Waals surface area contributed by atoms with E-state index in [-0.39, 0.29) is 12.4 Å². The third kappa shape index (κ3) is 4.65. The van der Waals surface area contributed by atoms with Crippen molar-refractivity contribution < 1.29 is 4.57 Å². The van der Waals surface area contributed by atoms with Crippen molar-refractivity contribution in [1.29, 1.82) is 0 Å². The molecule has 0 spiro atoms. The highest BCUT2D eigenvalue weighted by Crippen LogP contribution is 2.34. The van der Waals surface area contributed by atoms with Gasteiger partial charge >= 0.3 is 0 Å². The van der Waals surface area contributed by atoms with Gasteiger partial charge in [-0.2, -0.15) is 0 Å². The SMILES string of the molecule is CP(C)(=O)c1cccc(/C=C/CN)c1.Cl. The lowest BCUT2D eigenvalue weighted by atomic mass is 10.2. The molecular weight excluding hydrogens is 229 g/mol. The highest BCUT2D eigenvalue weighted by Gasteiger charge is 2.09. The lowest BCUT2D eigenvalue weighted by Crippen LogP contribution is -2.02. The van der Waals surface area contributed by atoms with Crippen molar-refractivity contribution in [2.24, 2.45) is 5.73 Å². The number of benzene rings is 1. The van der Waals surface area contributed by atoms with E-state index in [0.29, 0.717) is 6.54 Å². The molecule has 1 rings (SSSR count). The maximum atomic E-state index is 11.8. The molecule has 2 N–H and O–H groups in total. The Kier molecular flexibility index (Phi) is 5.89. The van der Waals surface area contributed by atoms with Crippen LogP contribution >= 0.6 is 19.5 Å². The summed E-state index contributed by atoms with van der Waals surface area (Å²) in [6.07, 6.45) is 3.83. The smallest absolute Gasteiger partial charge is 0.109 e. The lowest BCUT2D eigenvalue weighted by Gasteiger charge is -2.06. The van der Waals surface area contributed by atoms with Crippen LogP contribution in [0, 0.1) is 0 Å². The number of hydrogen-bond acceptors (Lipinski definition) is 2. The molecule has 2 nitrogen and oxygen atoms in total. The van der Waals surface area contributed by atoms with Crippen molar-refractivity contribution in [1.82, 2.24) is 0 Å². The van der Waals surface area contributed by atoms with Gasteiger partial charge in [0.2, 0.25) is 0 Å². The molecule has 0 aliphatic carbocycles. The molecule has 4 heteroatoms. The fourth-order valence-electron chi connectivity index (χ4n) is 1.17. The standard InChI is InChI=1S/C11H16NOP.ClH/c1-14(2,13)11-7-3-5-10(9-11)6-4-8-12;/h3-7,9H,8,12H2,1-2H3;1H/b6-4+;. The van der Waals surface area contributed by atoms with Gasteiger partial charge in [-0.1, -0.05) is 30.4 Å². The summed E-state index contributed by atoms with van der Waals surface area (Å²) in [6.45, 7) is 4.08. The van der Waals surface area contributed by atoms with Crippen molar-refractivity contribution in [3.63, 3.8) is 0 Å². The van der Waals surface area contributed by atoms with Crippen LogP contribution in [-0.4, -0.2) is 19.9 Å². The summed E-state index contributed by atoms with van der Waals surface area (Å²) in [5, 5.41) is 0.914. The first kappa shape index (κ1) is 14.4. The molecule has 0 amide bonds. The Balaban J connectivity index is 0.00000196. The Labute approximate surface area is 97.3 Å². The Bertz CT molecular complexity index is 384. The van der Waals surface area contributed by atoms with E-state index in [9.17, 15) is 4.57 Å². The quantitative estimate of drug-likeness (QED) is 0.831. The van der Waals surface area contributed by atoms with E-state index >= 15 is 0 Å². The summed E-state index contributed by atoms with van der Waals surface area (Å²) < 4.78 is 11.8. The normalized spacial score (nSPS) is 11.4. The van der Waals surface area contributed by atoms with Crippen molar-refractivity contribution in [2.75, 3.05) is 19.9 Å². The molecule has 0 unspecified atom stereocenters. The lowest BCUT2D eigenvalue weighted by molar-refractivity contribution is 0.588. The van der Waals surface area contributed by atoms with Gasteiger partial charge in [-0.25, -0.2) is 0 Å². The zero-order chi connectivity index (χ0) is 10.6. The van der Waals surface area contributed by atoms with Crippen LogP contribution in [0.15, 0.2) is 30.3 Å². The largest absolute Gasteiger partial charge is 0.327 e. The summed E-state index contributed by atoms with van der Waals surface area (Å²) in [6, 6.07) is 7.75. The van der Waals surface area contributed by atoms with E-state index in [1.54, 1.807) is 13.3 Å². The molecule has 0 bridgehead atoms. The van der Waals surface area contributed by atoms with E-state index in [1.165, 1.54) is 0 Å². The van der Waals surface area contributed by atoms with Crippen LogP contribution < -0.4 is 11.0 Å². The van der Waals surface area contributed by atoms with E-state index in [0.717, 1.165) is 10.9 Å². The molecule has 84 valence electrons. The minimum Gasteiger partial charge on any atom is -0.327 e. The second-order valence-corrected chi connectivity index (χ2v) is 6.80. The molecule has 0 heterocycles. The molecule has 0 radical (unpaired) electrons. The molecule has 1 aromatic rings. The van der Waals surface area contributed by atoms with Crippen molar-refractivity contribution in [3.05, 3.63) is 35.9 Å². The van der Waals surface area contributed by atoms with Crippen LogP contribution in [0.2, 0.25) is 0 Å². The number of nitrogens with two attached hydrogens (primary N) is 1. The molecule has 0 aliphatic heterocycles. The summed E-state index contributed by atoms with van der Waals surface area (Å²) in [7, 11) is -2.14. The van der Waals surface area contributed by atoms with Crippen LogP contribution in [0.4, 0.5) is 0 Å². The van der Waals surface area contributed by atoms with Crippen molar-refractivity contribution in [3.8, 4) is 0 Å². The highest BCUT2D eigenvalue weighted by molar-refractivity contribution is 7.70. The van der Waals surface area contributed by atoms with Crippen molar-refractivity contribution >= 4 is 30.9 Å². The first-order valence-electron chi connectivity index (χ1n) is 4.56. The topological polar surface area (TPSA) is 43.1 Å². The Morgan fingerprint density at radius 2 is 2.07 bits per heavy atom. The molecular formula is C11H17ClNOP. The summed E-state index contributed by atoms with van der Waals surface area (Å²) >= 11 is 0. The van der Waals surface area contributed by atoms with Gasteiger partial charge in [0.15, 0.2) is 0 Å². The van der Waals surface area contributed by atoms with Gasteiger partial charge in [0.1, 0.15) is 7.14 Å². The maximum absolute atomic E-state index is 11.8. The predicted molar refractivity (Wildman–Crippen MR) is 70.9 cm³/mol.